The molecule has 0 saturated carbocycles. The van der Waals surface area contributed by atoms with Gasteiger partial charge in [0.2, 0.25) is 5.91 Å². The average molecular weight is 410 g/mol. The Hall–Kier alpha value is -3.00. The Morgan fingerprint density at radius 3 is 2.59 bits per heavy atom. The Bertz CT molecular complexity index is 1020. The molecular weight excluding hydrogens is 386 g/mol. The molecule has 1 aromatic carbocycles. The molecule has 2 amide bonds. The van der Waals surface area contributed by atoms with E-state index >= 15 is 0 Å². The van der Waals surface area contributed by atoms with Gasteiger partial charge in [0.15, 0.2) is 11.6 Å². The van der Waals surface area contributed by atoms with Crippen LogP contribution in [-0.2, 0) is 4.79 Å². The van der Waals surface area contributed by atoms with Gasteiger partial charge < -0.3 is 10.2 Å². The van der Waals surface area contributed by atoms with Crippen molar-refractivity contribution < 1.29 is 9.59 Å². The van der Waals surface area contributed by atoms with E-state index in [0.717, 1.165) is 29.8 Å². The second-order valence-corrected chi connectivity index (χ2v) is 7.83. The van der Waals surface area contributed by atoms with Crippen molar-refractivity contribution in [2.45, 2.75) is 19.3 Å². The molecule has 0 aliphatic carbocycles. The number of amides is 2. The molecule has 2 aromatic heterocycles. The maximum atomic E-state index is 13.0. The summed E-state index contributed by atoms with van der Waals surface area (Å²) in [6.07, 6.45) is 1.78. The summed E-state index contributed by atoms with van der Waals surface area (Å²) in [7, 11) is 1.98. The van der Waals surface area contributed by atoms with Gasteiger partial charge >= 0.3 is 0 Å². The molecule has 3 aromatic rings. The standard InChI is InChI=1S/C21H23N5O2S/c1-25-11-5-12-26(20-19(25)23-16-6-2-3-7-17(16)24-20)18(27)8-4-10-22-21(28)15-9-13-29-14-15/h2-3,6-7,9,13-14H,4-5,8,10-12H2,1H3,(H,22,28). The molecule has 29 heavy (non-hydrogen) atoms. The van der Waals surface area contributed by atoms with Gasteiger partial charge in [0, 0.05) is 44.0 Å². The summed E-state index contributed by atoms with van der Waals surface area (Å²) < 4.78 is 0. The highest BCUT2D eigenvalue weighted by molar-refractivity contribution is 7.08. The first kappa shape index (κ1) is 19.3. The Balaban J connectivity index is 1.45. The quantitative estimate of drug-likeness (QED) is 0.655. The van der Waals surface area contributed by atoms with Crippen LogP contribution >= 0.6 is 11.3 Å². The number of aromatic nitrogens is 2. The number of rotatable bonds is 5. The topological polar surface area (TPSA) is 78.4 Å². The average Bonchev–Trinajstić information content (AvgIpc) is 3.23. The van der Waals surface area contributed by atoms with Crippen LogP contribution in [0.15, 0.2) is 41.1 Å². The molecule has 0 saturated heterocycles. The van der Waals surface area contributed by atoms with Gasteiger partial charge in [-0.3, -0.25) is 14.5 Å². The molecule has 1 N–H and O–H groups in total. The molecule has 0 atom stereocenters. The van der Waals surface area contributed by atoms with Crippen molar-refractivity contribution in [1.82, 2.24) is 15.3 Å². The predicted octanol–water partition coefficient (Wildman–Crippen LogP) is 3.07. The second-order valence-electron chi connectivity index (χ2n) is 7.05. The fourth-order valence-electron chi connectivity index (χ4n) is 3.41. The number of anilines is 2. The van der Waals surface area contributed by atoms with E-state index in [1.807, 2.05) is 42.1 Å². The molecule has 0 unspecified atom stereocenters. The van der Waals surface area contributed by atoms with Gasteiger partial charge in [-0.2, -0.15) is 11.3 Å². The fraction of sp³-hybridized carbons (Fsp3) is 0.333. The molecule has 8 heteroatoms. The smallest absolute Gasteiger partial charge is 0.252 e. The first-order valence-corrected chi connectivity index (χ1v) is 10.7. The fourth-order valence-corrected chi connectivity index (χ4v) is 4.05. The summed E-state index contributed by atoms with van der Waals surface area (Å²) in [6, 6.07) is 9.50. The van der Waals surface area contributed by atoms with E-state index in [4.69, 9.17) is 9.97 Å². The monoisotopic (exact) mass is 409 g/mol. The van der Waals surface area contributed by atoms with E-state index < -0.39 is 0 Å². The summed E-state index contributed by atoms with van der Waals surface area (Å²) in [4.78, 5) is 38.3. The predicted molar refractivity (Wildman–Crippen MR) is 116 cm³/mol. The molecule has 0 radical (unpaired) electrons. The van der Waals surface area contributed by atoms with Crippen LogP contribution < -0.4 is 15.1 Å². The number of thiophene rings is 1. The number of benzene rings is 1. The van der Waals surface area contributed by atoms with Crippen LogP contribution in [0.4, 0.5) is 11.6 Å². The van der Waals surface area contributed by atoms with Crippen molar-refractivity contribution in [2.75, 3.05) is 36.5 Å². The van der Waals surface area contributed by atoms with E-state index in [9.17, 15) is 9.59 Å². The minimum absolute atomic E-state index is 0.0101. The van der Waals surface area contributed by atoms with Gasteiger partial charge in [-0.1, -0.05) is 12.1 Å². The lowest BCUT2D eigenvalue weighted by Crippen LogP contribution is -2.33. The number of nitrogens with one attached hydrogen (secondary N) is 1. The molecule has 1 aliphatic rings. The SMILES string of the molecule is CN1CCCN(C(=O)CCCNC(=O)c2ccsc2)c2nc3ccccc3nc21. The summed E-state index contributed by atoms with van der Waals surface area (Å²) >= 11 is 1.49. The zero-order chi connectivity index (χ0) is 20.2. The first-order chi connectivity index (χ1) is 14.1. The molecule has 7 nitrogen and oxygen atoms in total. The Morgan fingerprint density at radius 1 is 1.10 bits per heavy atom. The number of fused-ring (bicyclic) bond motifs is 2. The van der Waals surface area contributed by atoms with Crippen molar-refractivity contribution in [3.8, 4) is 0 Å². The molecular formula is C21H23N5O2S. The number of nitrogens with zero attached hydrogens (tertiary/aromatic N) is 4. The van der Waals surface area contributed by atoms with Crippen LogP contribution in [0.1, 0.15) is 29.6 Å². The third kappa shape index (κ3) is 4.22. The lowest BCUT2D eigenvalue weighted by molar-refractivity contribution is -0.118. The normalized spacial score (nSPS) is 13.8. The minimum atomic E-state index is -0.0993. The number of carbonyl (C=O) groups excluding carboxylic acids is 2. The second kappa shape index (κ2) is 8.57. The Labute approximate surface area is 173 Å². The summed E-state index contributed by atoms with van der Waals surface area (Å²) in [5, 5.41) is 6.55. The molecule has 0 spiro atoms. The molecule has 3 heterocycles. The molecule has 0 fully saturated rings. The Kier molecular flexibility index (Phi) is 5.71. The van der Waals surface area contributed by atoms with Gasteiger partial charge in [-0.05, 0) is 36.4 Å². The maximum Gasteiger partial charge on any atom is 0.252 e. The van der Waals surface area contributed by atoms with Crippen molar-refractivity contribution in [3.63, 3.8) is 0 Å². The van der Waals surface area contributed by atoms with Crippen LogP contribution in [0.2, 0.25) is 0 Å². The summed E-state index contributed by atoms with van der Waals surface area (Å²) in [5.74, 6) is 1.27. The number of hydrogen-bond acceptors (Lipinski definition) is 6. The van der Waals surface area contributed by atoms with E-state index in [0.29, 0.717) is 37.3 Å². The van der Waals surface area contributed by atoms with E-state index in [1.54, 1.807) is 11.0 Å². The molecule has 0 bridgehead atoms. The van der Waals surface area contributed by atoms with Crippen molar-refractivity contribution >= 4 is 45.8 Å². The van der Waals surface area contributed by atoms with E-state index in [1.165, 1.54) is 11.3 Å². The van der Waals surface area contributed by atoms with Gasteiger partial charge in [0.1, 0.15) is 0 Å². The van der Waals surface area contributed by atoms with Gasteiger partial charge in [0.25, 0.3) is 5.91 Å². The van der Waals surface area contributed by atoms with Crippen LogP contribution in [0.5, 0.6) is 0 Å². The molecule has 1 aliphatic heterocycles. The largest absolute Gasteiger partial charge is 0.357 e. The summed E-state index contributed by atoms with van der Waals surface area (Å²) in [6.45, 7) is 1.90. The summed E-state index contributed by atoms with van der Waals surface area (Å²) in [5.41, 5.74) is 2.26. The molecule has 150 valence electrons. The lowest BCUT2D eigenvalue weighted by atomic mass is 10.2. The number of carbonyl (C=O) groups is 2. The van der Waals surface area contributed by atoms with E-state index in [-0.39, 0.29) is 11.8 Å². The highest BCUT2D eigenvalue weighted by atomic mass is 32.1. The zero-order valence-corrected chi connectivity index (χ0v) is 17.1. The number of hydrogen-bond donors (Lipinski definition) is 1. The third-order valence-corrected chi connectivity index (χ3v) is 5.65. The third-order valence-electron chi connectivity index (χ3n) is 4.96. The van der Waals surface area contributed by atoms with Crippen LogP contribution in [0, 0.1) is 0 Å². The van der Waals surface area contributed by atoms with Gasteiger partial charge in [-0.25, -0.2) is 9.97 Å². The molecule has 4 rings (SSSR count). The van der Waals surface area contributed by atoms with Crippen molar-refractivity contribution in [2.24, 2.45) is 0 Å². The first-order valence-electron chi connectivity index (χ1n) is 9.72. The lowest BCUT2D eigenvalue weighted by Gasteiger charge is -2.23. The van der Waals surface area contributed by atoms with Crippen LogP contribution in [-0.4, -0.2) is 48.5 Å². The van der Waals surface area contributed by atoms with Crippen molar-refractivity contribution in [3.05, 3.63) is 46.7 Å². The van der Waals surface area contributed by atoms with Crippen LogP contribution in [0.25, 0.3) is 11.0 Å². The highest BCUT2D eigenvalue weighted by Crippen LogP contribution is 2.30. The number of para-hydroxylation sites is 2. The zero-order valence-electron chi connectivity index (χ0n) is 16.3. The van der Waals surface area contributed by atoms with Crippen LogP contribution in [0.3, 0.4) is 0 Å². The van der Waals surface area contributed by atoms with E-state index in [2.05, 4.69) is 10.2 Å². The van der Waals surface area contributed by atoms with Crippen molar-refractivity contribution in [1.29, 1.82) is 0 Å². The van der Waals surface area contributed by atoms with Gasteiger partial charge in [-0.15, -0.1) is 0 Å². The van der Waals surface area contributed by atoms with Gasteiger partial charge in [0.05, 0.1) is 11.0 Å². The maximum absolute atomic E-state index is 13.0. The highest BCUT2D eigenvalue weighted by Gasteiger charge is 2.26. The Morgan fingerprint density at radius 2 is 1.86 bits per heavy atom. The minimum Gasteiger partial charge on any atom is -0.357 e.